The second-order valence-corrected chi connectivity index (χ2v) is 10.5. The number of fused-ring (bicyclic) bond motifs is 2. The van der Waals surface area contributed by atoms with E-state index in [1.807, 2.05) is 45.9 Å². The molecule has 0 unspecified atom stereocenters. The fraction of sp³-hybridized carbons (Fsp3) is 0.344. The molecule has 8 heteroatoms. The van der Waals surface area contributed by atoms with Crippen LogP contribution in [-0.4, -0.2) is 59.7 Å². The lowest BCUT2D eigenvalue weighted by atomic mass is 10.1. The molecule has 1 aromatic heterocycles. The number of hydrogen-bond donors (Lipinski definition) is 0. The van der Waals surface area contributed by atoms with E-state index < -0.39 is 6.09 Å². The minimum absolute atomic E-state index is 0.0797. The zero-order chi connectivity index (χ0) is 27.6. The fourth-order valence-corrected chi connectivity index (χ4v) is 5.87. The van der Waals surface area contributed by atoms with Crippen molar-refractivity contribution in [3.63, 3.8) is 0 Å². The third-order valence-electron chi connectivity index (χ3n) is 8.08. The number of nitrogens with zero attached hydrogens (tertiary/aromatic N) is 5. The number of rotatable bonds is 5. The molecule has 4 aromatic rings. The smallest absolute Gasteiger partial charge is 0.409 e. The molecule has 1 fully saturated rings. The summed E-state index contributed by atoms with van der Waals surface area (Å²) in [4.78, 5) is 37.9. The van der Waals surface area contributed by atoms with Crippen LogP contribution in [0.15, 0.2) is 66.7 Å². The molecule has 0 radical (unpaired) electrons. The van der Waals surface area contributed by atoms with Gasteiger partial charge in [0.15, 0.2) is 11.5 Å². The first-order chi connectivity index (χ1) is 19.5. The number of aromatic nitrogens is 2. The van der Waals surface area contributed by atoms with Crippen molar-refractivity contribution in [2.45, 2.75) is 39.2 Å². The Morgan fingerprint density at radius 2 is 1.65 bits per heavy atom. The molecule has 0 spiro atoms. The van der Waals surface area contributed by atoms with Gasteiger partial charge in [0.05, 0.1) is 0 Å². The van der Waals surface area contributed by atoms with Gasteiger partial charge in [0.25, 0.3) is 5.91 Å². The topological polar surface area (TPSA) is 70.9 Å². The first-order valence-corrected chi connectivity index (χ1v) is 14.2. The predicted octanol–water partition coefficient (Wildman–Crippen LogP) is 5.53. The number of amides is 2. The maximum absolute atomic E-state index is 14.0. The minimum Gasteiger partial charge on any atom is -0.409 e. The van der Waals surface area contributed by atoms with Gasteiger partial charge in [0.1, 0.15) is 11.6 Å². The lowest BCUT2D eigenvalue weighted by molar-refractivity contribution is 0.0735. The molecule has 0 atom stereocenters. The maximum atomic E-state index is 14.0. The molecule has 1 saturated heterocycles. The monoisotopic (exact) mass is 537 g/mol. The number of anilines is 2. The number of hydrogen-bond acceptors (Lipinski definition) is 5. The van der Waals surface area contributed by atoms with Crippen molar-refractivity contribution >= 4 is 34.3 Å². The summed E-state index contributed by atoms with van der Waals surface area (Å²) in [6.45, 7) is 5.64. The van der Waals surface area contributed by atoms with Crippen LogP contribution in [0, 0.1) is 0 Å². The van der Waals surface area contributed by atoms with E-state index in [2.05, 4.69) is 36.1 Å². The van der Waals surface area contributed by atoms with E-state index in [1.54, 1.807) is 13.1 Å². The molecule has 0 saturated carbocycles. The number of carbonyl (C=O) groups excluding carboxylic acids is 2. The quantitative estimate of drug-likeness (QED) is 0.335. The molecule has 3 aromatic carbocycles. The van der Waals surface area contributed by atoms with Gasteiger partial charge in [0.2, 0.25) is 0 Å². The van der Waals surface area contributed by atoms with Crippen LogP contribution >= 0.6 is 0 Å². The van der Waals surface area contributed by atoms with Crippen molar-refractivity contribution in [3.8, 4) is 5.75 Å². The molecule has 2 aliphatic rings. The Morgan fingerprint density at radius 1 is 0.900 bits per heavy atom. The van der Waals surface area contributed by atoms with Crippen molar-refractivity contribution in [1.29, 1.82) is 0 Å². The highest BCUT2D eigenvalue weighted by atomic mass is 16.6. The highest BCUT2D eigenvalue weighted by Crippen LogP contribution is 2.30. The number of carbonyl (C=O) groups is 2. The molecule has 2 amide bonds. The standard InChI is InChI=1S/C32H35N5O3/c1-3-23-11-5-7-15-26(23)35-19-21-36(22-20-35)31(38)29-30(33-28-17-8-9-18-37(28)29)34(2)32(39)40-27-16-10-13-24-12-4-6-14-25(24)27/h4-7,10-16H,3,8-9,17-22H2,1-2H3. The van der Waals surface area contributed by atoms with Gasteiger partial charge in [-0.1, -0.05) is 61.5 Å². The Hall–Kier alpha value is -4.33. The third kappa shape index (κ3) is 4.78. The molecule has 0 bridgehead atoms. The summed E-state index contributed by atoms with van der Waals surface area (Å²) in [5, 5.41) is 1.85. The van der Waals surface area contributed by atoms with Gasteiger partial charge in [-0.2, -0.15) is 0 Å². The van der Waals surface area contributed by atoms with E-state index >= 15 is 0 Å². The Morgan fingerprint density at radius 3 is 2.48 bits per heavy atom. The summed E-state index contributed by atoms with van der Waals surface area (Å²) in [5.74, 6) is 1.62. The average Bonchev–Trinajstić information content (AvgIpc) is 3.40. The molecule has 8 nitrogen and oxygen atoms in total. The number of ether oxygens (including phenoxy) is 1. The molecule has 6 rings (SSSR count). The van der Waals surface area contributed by atoms with Crippen molar-refractivity contribution < 1.29 is 14.3 Å². The highest BCUT2D eigenvalue weighted by molar-refractivity contribution is 6.02. The van der Waals surface area contributed by atoms with Crippen molar-refractivity contribution in [2.24, 2.45) is 0 Å². The van der Waals surface area contributed by atoms with E-state index in [0.717, 1.165) is 61.9 Å². The summed E-state index contributed by atoms with van der Waals surface area (Å²) in [6, 6.07) is 21.9. The SMILES string of the molecule is CCc1ccccc1N1CCN(C(=O)c2c(N(C)C(=O)Oc3cccc4ccccc34)nc3n2CCCC3)CC1. The Kier molecular flexibility index (Phi) is 7.15. The number of piperazine rings is 1. The lowest BCUT2D eigenvalue weighted by Crippen LogP contribution is -2.49. The second-order valence-electron chi connectivity index (χ2n) is 10.5. The van der Waals surface area contributed by atoms with Gasteiger partial charge in [-0.3, -0.25) is 9.69 Å². The van der Waals surface area contributed by atoms with Crippen molar-refractivity contribution in [1.82, 2.24) is 14.5 Å². The average molecular weight is 538 g/mol. The first kappa shape index (κ1) is 25.9. The highest BCUT2D eigenvalue weighted by Gasteiger charge is 2.33. The summed E-state index contributed by atoms with van der Waals surface area (Å²) >= 11 is 0. The van der Waals surface area contributed by atoms with Crippen molar-refractivity contribution in [2.75, 3.05) is 43.0 Å². The van der Waals surface area contributed by atoms with Crippen LogP contribution in [0.5, 0.6) is 5.75 Å². The van der Waals surface area contributed by atoms with E-state index in [0.29, 0.717) is 30.4 Å². The van der Waals surface area contributed by atoms with Crippen LogP contribution in [0.2, 0.25) is 0 Å². The molecule has 40 heavy (non-hydrogen) atoms. The Bertz CT molecular complexity index is 1550. The molecule has 0 aliphatic carbocycles. The van der Waals surface area contributed by atoms with Crippen LogP contribution in [-0.2, 0) is 19.4 Å². The van der Waals surface area contributed by atoms with E-state index in [9.17, 15) is 9.59 Å². The second kappa shape index (κ2) is 11.0. The normalized spacial score (nSPS) is 15.2. The van der Waals surface area contributed by atoms with Crippen LogP contribution in [0.4, 0.5) is 16.3 Å². The molecule has 2 aliphatic heterocycles. The number of benzene rings is 3. The Labute approximate surface area is 234 Å². The lowest BCUT2D eigenvalue weighted by Gasteiger charge is -2.37. The Balaban J connectivity index is 1.24. The molecule has 206 valence electrons. The zero-order valence-corrected chi connectivity index (χ0v) is 23.2. The fourth-order valence-electron chi connectivity index (χ4n) is 5.87. The van der Waals surface area contributed by atoms with Gasteiger partial charge >= 0.3 is 6.09 Å². The summed E-state index contributed by atoms with van der Waals surface area (Å²) < 4.78 is 7.86. The first-order valence-electron chi connectivity index (χ1n) is 14.2. The van der Waals surface area contributed by atoms with E-state index in [4.69, 9.17) is 9.72 Å². The molecular weight excluding hydrogens is 502 g/mol. The van der Waals surface area contributed by atoms with Crippen LogP contribution in [0.25, 0.3) is 10.8 Å². The number of imidazole rings is 1. The van der Waals surface area contributed by atoms with E-state index in [-0.39, 0.29) is 5.91 Å². The van der Waals surface area contributed by atoms with E-state index in [1.165, 1.54) is 16.2 Å². The van der Waals surface area contributed by atoms with Gasteiger partial charge in [-0.05, 0) is 42.3 Å². The number of aryl methyl sites for hydroxylation is 2. The predicted molar refractivity (Wildman–Crippen MR) is 157 cm³/mol. The summed E-state index contributed by atoms with van der Waals surface area (Å²) in [5.41, 5.74) is 3.05. The number of para-hydroxylation sites is 1. The molecule has 3 heterocycles. The van der Waals surface area contributed by atoms with Gasteiger partial charge in [-0.15, -0.1) is 0 Å². The maximum Gasteiger partial charge on any atom is 0.420 e. The zero-order valence-electron chi connectivity index (χ0n) is 23.2. The summed E-state index contributed by atoms with van der Waals surface area (Å²) in [6.07, 6.45) is 3.19. The molecular formula is C32H35N5O3. The minimum atomic E-state index is -0.568. The van der Waals surface area contributed by atoms with Crippen LogP contribution < -0.4 is 14.5 Å². The van der Waals surface area contributed by atoms with Crippen LogP contribution in [0.1, 0.15) is 41.6 Å². The van der Waals surface area contributed by atoms with Gasteiger partial charge in [-0.25, -0.2) is 9.78 Å². The molecule has 0 N–H and O–H groups in total. The van der Waals surface area contributed by atoms with Gasteiger partial charge < -0.3 is 19.1 Å². The van der Waals surface area contributed by atoms with Crippen molar-refractivity contribution in [3.05, 3.63) is 83.8 Å². The largest absolute Gasteiger partial charge is 0.420 e. The van der Waals surface area contributed by atoms with Gasteiger partial charge in [0, 0.05) is 57.3 Å². The van der Waals surface area contributed by atoms with Crippen LogP contribution in [0.3, 0.4) is 0 Å². The third-order valence-corrected chi connectivity index (χ3v) is 8.08. The summed E-state index contributed by atoms with van der Waals surface area (Å²) in [7, 11) is 1.64.